The van der Waals surface area contributed by atoms with E-state index >= 15 is 0 Å². The summed E-state index contributed by atoms with van der Waals surface area (Å²) in [7, 11) is -4.37. The summed E-state index contributed by atoms with van der Waals surface area (Å²) in [6, 6.07) is 15.9. The number of carbonyl (C=O) groups is 1. The first-order valence-electron chi connectivity index (χ1n) is 10.9. The number of nitrogens with zero attached hydrogens (tertiary/aromatic N) is 1. The van der Waals surface area contributed by atoms with Gasteiger partial charge in [-0.05, 0) is 55.0 Å². The minimum absolute atomic E-state index is 0.159. The first-order valence-corrected chi connectivity index (χ1v) is 14.3. The number of alkyl halides is 3. The number of thioether (sulfide) groups is 1. The van der Waals surface area contributed by atoms with E-state index in [1.165, 1.54) is 12.1 Å². The lowest BCUT2D eigenvalue weighted by atomic mass is 10.2. The van der Waals surface area contributed by atoms with Gasteiger partial charge in [-0.1, -0.05) is 53.0 Å². The van der Waals surface area contributed by atoms with Crippen molar-refractivity contribution in [3.63, 3.8) is 0 Å². The summed E-state index contributed by atoms with van der Waals surface area (Å²) in [6.45, 7) is 1.29. The number of carbonyl (C=O) groups excluding carboxylic acids is 1. The molecule has 0 unspecified atom stereocenters. The summed E-state index contributed by atoms with van der Waals surface area (Å²) in [6.07, 6.45) is -4.81. The average Bonchev–Trinajstić information content (AvgIpc) is 2.83. The van der Waals surface area contributed by atoms with Crippen molar-refractivity contribution >= 4 is 56.6 Å². The Hall–Kier alpha value is -2.40. The molecule has 0 heterocycles. The number of hydrogen-bond donors (Lipinski definition) is 1. The van der Waals surface area contributed by atoms with Crippen LogP contribution in [0, 0.1) is 6.92 Å². The molecule has 0 atom stereocenters. The monoisotopic (exact) mass is 590 g/mol. The molecule has 198 valence electrons. The maximum Gasteiger partial charge on any atom is 0.417 e. The number of halogens is 5. The molecule has 0 saturated carbocycles. The second-order valence-corrected chi connectivity index (χ2v) is 11.8. The van der Waals surface area contributed by atoms with E-state index < -0.39 is 39.2 Å². The van der Waals surface area contributed by atoms with E-state index in [2.05, 4.69) is 5.32 Å². The molecule has 0 fully saturated rings. The Morgan fingerprint density at radius 3 is 2.27 bits per heavy atom. The van der Waals surface area contributed by atoms with Crippen LogP contribution in [0.1, 0.15) is 16.7 Å². The van der Waals surface area contributed by atoms with Crippen LogP contribution < -0.4 is 9.62 Å². The summed E-state index contributed by atoms with van der Waals surface area (Å²) in [4.78, 5) is 12.5. The van der Waals surface area contributed by atoms with Gasteiger partial charge in [0.15, 0.2) is 0 Å². The molecular weight excluding hydrogens is 568 g/mol. The summed E-state index contributed by atoms with van der Waals surface area (Å²) >= 11 is 13.1. The van der Waals surface area contributed by atoms with Crippen molar-refractivity contribution in [2.24, 2.45) is 0 Å². The van der Waals surface area contributed by atoms with Crippen molar-refractivity contribution in [1.82, 2.24) is 5.32 Å². The van der Waals surface area contributed by atoms with Gasteiger partial charge in [-0.15, -0.1) is 0 Å². The molecule has 12 heteroatoms. The quantitative estimate of drug-likeness (QED) is 0.271. The van der Waals surface area contributed by atoms with Crippen molar-refractivity contribution in [1.29, 1.82) is 0 Å². The lowest BCUT2D eigenvalue weighted by Gasteiger charge is -2.25. The van der Waals surface area contributed by atoms with E-state index in [1.54, 1.807) is 43.0 Å². The SMILES string of the molecule is Cc1ccc(S(=O)(=O)N(CC(=O)NCCSCc2ccc(Cl)cc2)c2ccc(Cl)c(C(F)(F)F)c2)cc1. The molecular formula is C25H23Cl2F3N2O3S2. The third-order valence-corrected chi connectivity index (χ3v) is 8.59. The molecule has 1 amide bonds. The first-order chi connectivity index (χ1) is 17.4. The van der Waals surface area contributed by atoms with E-state index in [0.29, 0.717) is 26.9 Å². The van der Waals surface area contributed by atoms with Gasteiger partial charge in [0.2, 0.25) is 5.91 Å². The summed E-state index contributed by atoms with van der Waals surface area (Å²) < 4.78 is 67.8. The summed E-state index contributed by atoms with van der Waals surface area (Å²) in [5.74, 6) is 0.566. The minimum atomic E-state index is -4.81. The Kier molecular flexibility index (Phi) is 9.80. The highest BCUT2D eigenvalue weighted by Crippen LogP contribution is 2.38. The Labute approximate surface area is 228 Å². The van der Waals surface area contributed by atoms with Crippen LogP contribution in [0.2, 0.25) is 10.0 Å². The molecule has 0 radical (unpaired) electrons. The number of nitrogens with one attached hydrogen (secondary N) is 1. The minimum Gasteiger partial charge on any atom is -0.354 e. The highest BCUT2D eigenvalue weighted by atomic mass is 35.5. The predicted molar refractivity (Wildman–Crippen MR) is 143 cm³/mol. The van der Waals surface area contributed by atoms with E-state index in [-0.39, 0.29) is 17.1 Å². The zero-order valence-electron chi connectivity index (χ0n) is 19.6. The Balaban J connectivity index is 1.76. The maximum absolute atomic E-state index is 13.5. The summed E-state index contributed by atoms with van der Waals surface area (Å²) in [5.41, 5.74) is 0.323. The van der Waals surface area contributed by atoms with Gasteiger partial charge in [0, 0.05) is 23.1 Å². The normalized spacial score (nSPS) is 11.8. The molecule has 0 bridgehead atoms. The van der Waals surface area contributed by atoms with Crippen LogP contribution >= 0.6 is 35.0 Å². The first kappa shape index (κ1) is 29.2. The molecule has 0 spiro atoms. The van der Waals surface area contributed by atoms with Crippen LogP contribution in [-0.4, -0.2) is 33.2 Å². The van der Waals surface area contributed by atoms with E-state index in [4.69, 9.17) is 23.2 Å². The molecule has 3 aromatic rings. The fourth-order valence-electron chi connectivity index (χ4n) is 3.26. The van der Waals surface area contributed by atoms with Crippen LogP contribution in [-0.2, 0) is 26.7 Å². The highest BCUT2D eigenvalue weighted by molar-refractivity contribution is 7.98. The van der Waals surface area contributed by atoms with Crippen molar-refractivity contribution in [3.05, 3.63) is 93.5 Å². The van der Waals surface area contributed by atoms with Gasteiger partial charge in [0.25, 0.3) is 10.0 Å². The van der Waals surface area contributed by atoms with Gasteiger partial charge < -0.3 is 5.32 Å². The third kappa shape index (κ3) is 8.04. The molecule has 37 heavy (non-hydrogen) atoms. The van der Waals surface area contributed by atoms with Gasteiger partial charge in [-0.3, -0.25) is 9.10 Å². The molecule has 1 N–H and O–H groups in total. The van der Waals surface area contributed by atoms with Gasteiger partial charge in [0.1, 0.15) is 6.54 Å². The number of sulfonamides is 1. The Morgan fingerprint density at radius 1 is 1.00 bits per heavy atom. The van der Waals surface area contributed by atoms with Crippen molar-refractivity contribution in [2.75, 3.05) is 23.1 Å². The predicted octanol–water partition coefficient (Wildman–Crippen LogP) is 6.57. The van der Waals surface area contributed by atoms with Gasteiger partial charge in [-0.25, -0.2) is 8.42 Å². The van der Waals surface area contributed by atoms with Crippen molar-refractivity contribution in [3.8, 4) is 0 Å². The topological polar surface area (TPSA) is 66.5 Å². The number of amides is 1. The Morgan fingerprint density at radius 2 is 1.65 bits per heavy atom. The largest absolute Gasteiger partial charge is 0.417 e. The van der Waals surface area contributed by atoms with Crippen molar-refractivity contribution in [2.45, 2.75) is 23.7 Å². The molecule has 0 aliphatic carbocycles. The van der Waals surface area contributed by atoms with Crippen LogP contribution in [0.25, 0.3) is 0 Å². The van der Waals surface area contributed by atoms with E-state index in [0.717, 1.165) is 23.3 Å². The summed E-state index contributed by atoms with van der Waals surface area (Å²) in [5, 5.41) is 2.69. The fourth-order valence-corrected chi connectivity index (χ4v) is 5.84. The molecule has 5 nitrogen and oxygen atoms in total. The zero-order valence-corrected chi connectivity index (χ0v) is 22.7. The lowest BCUT2D eigenvalue weighted by Crippen LogP contribution is -2.41. The van der Waals surface area contributed by atoms with E-state index in [9.17, 15) is 26.4 Å². The number of benzene rings is 3. The Bertz CT molecular complexity index is 1330. The lowest BCUT2D eigenvalue weighted by molar-refractivity contribution is -0.137. The second-order valence-electron chi connectivity index (χ2n) is 8.02. The molecule has 0 aromatic heterocycles. The van der Waals surface area contributed by atoms with Gasteiger partial charge >= 0.3 is 6.18 Å². The van der Waals surface area contributed by atoms with Crippen LogP contribution in [0.5, 0.6) is 0 Å². The van der Waals surface area contributed by atoms with E-state index in [1.807, 2.05) is 12.1 Å². The van der Waals surface area contributed by atoms with Crippen LogP contribution in [0.3, 0.4) is 0 Å². The van der Waals surface area contributed by atoms with Gasteiger partial charge in [-0.2, -0.15) is 24.9 Å². The third-order valence-electron chi connectivity index (χ3n) is 5.19. The second kappa shape index (κ2) is 12.4. The van der Waals surface area contributed by atoms with Crippen LogP contribution in [0.15, 0.2) is 71.6 Å². The molecule has 0 saturated heterocycles. The maximum atomic E-state index is 13.5. The highest BCUT2D eigenvalue weighted by Gasteiger charge is 2.35. The van der Waals surface area contributed by atoms with Crippen LogP contribution in [0.4, 0.5) is 18.9 Å². The smallest absolute Gasteiger partial charge is 0.354 e. The number of anilines is 1. The van der Waals surface area contributed by atoms with Gasteiger partial charge in [0.05, 0.1) is 21.2 Å². The number of hydrogen-bond acceptors (Lipinski definition) is 4. The molecule has 0 aliphatic rings. The molecule has 0 aliphatic heterocycles. The van der Waals surface area contributed by atoms with Crippen molar-refractivity contribution < 1.29 is 26.4 Å². The number of rotatable bonds is 10. The standard InChI is InChI=1S/C25H23Cl2F3N2O3S2/c1-17-2-9-21(10-3-17)37(34,35)32(20-8-11-23(27)22(14-20)25(28,29)30)15-24(33)31-12-13-36-16-18-4-6-19(26)7-5-18/h2-11,14H,12-13,15-16H2,1H3,(H,31,33). The average molecular weight is 592 g/mol. The number of aryl methyl sites for hydroxylation is 1. The zero-order chi connectivity index (χ0) is 27.2. The molecule has 3 rings (SSSR count). The fraction of sp³-hybridized carbons (Fsp3) is 0.240. The molecule has 3 aromatic carbocycles.